The summed E-state index contributed by atoms with van der Waals surface area (Å²) in [5, 5.41) is 12.1. The van der Waals surface area contributed by atoms with Crippen LogP contribution in [0, 0.1) is 25.5 Å². The van der Waals surface area contributed by atoms with E-state index in [-0.39, 0.29) is 22.6 Å². The van der Waals surface area contributed by atoms with E-state index in [9.17, 15) is 18.7 Å². The number of nitrogens with one attached hydrogen (secondary N) is 1. The minimum Gasteiger partial charge on any atom is -0.506 e. The average Bonchev–Trinajstić information content (AvgIpc) is 2.37. The van der Waals surface area contributed by atoms with E-state index < -0.39 is 17.5 Å². The molecule has 2 N–H and O–H groups in total. The van der Waals surface area contributed by atoms with E-state index in [0.717, 1.165) is 11.6 Å². The van der Waals surface area contributed by atoms with E-state index >= 15 is 0 Å². The molecule has 1 amide bonds. The molecule has 0 fully saturated rings. The van der Waals surface area contributed by atoms with Crippen molar-refractivity contribution in [2.24, 2.45) is 0 Å². The molecular formula is C15H13F2NO2. The van der Waals surface area contributed by atoms with E-state index in [1.807, 2.05) is 0 Å². The van der Waals surface area contributed by atoms with Crippen molar-refractivity contribution in [2.45, 2.75) is 13.8 Å². The Hall–Kier alpha value is -2.43. The Balaban J connectivity index is 2.31. The van der Waals surface area contributed by atoms with Crippen LogP contribution in [0.5, 0.6) is 5.75 Å². The second-order valence-corrected chi connectivity index (χ2v) is 4.56. The second kappa shape index (κ2) is 5.28. The Kier molecular flexibility index (Phi) is 3.70. The van der Waals surface area contributed by atoms with Crippen LogP contribution >= 0.6 is 0 Å². The van der Waals surface area contributed by atoms with Gasteiger partial charge in [0.2, 0.25) is 0 Å². The Bertz CT molecular complexity index is 684. The number of phenolic OH excluding ortho intramolecular Hbond substituents is 1. The maximum absolute atomic E-state index is 13.6. The monoisotopic (exact) mass is 277 g/mol. The van der Waals surface area contributed by atoms with Crippen LogP contribution in [0.3, 0.4) is 0 Å². The van der Waals surface area contributed by atoms with Gasteiger partial charge in [-0.15, -0.1) is 0 Å². The molecule has 2 aromatic carbocycles. The molecule has 0 saturated heterocycles. The number of rotatable bonds is 2. The molecule has 3 nitrogen and oxygen atoms in total. The van der Waals surface area contributed by atoms with Crippen molar-refractivity contribution in [2.75, 3.05) is 5.32 Å². The highest BCUT2D eigenvalue weighted by Gasteiger charge is 2.15. The summed E-state index contributed by atoms with van der Waals surface area (Å²) < 4.78 is 26.7. The molecule has 0 bridgehead atoms. The molecular weight excluding hydrogens is 264 g/mol. The zero-order valence-electron chi connectivity index (χ0n) is 11.0. The third kappa shape index (κ3) is 2.77. The van der Waals surface area contributed by atoms with E-state index in [4.69, 9.17) is 0 Å². The van der Waals surface area contributed by atoms with Gasteiger partial charge in [0.15, 0.2) is 0 Å². The van der Waals surface area contributed by atoms with Gasteiger partial charge >= 0.3 is 0 Å². The lowest BCUT2D eigenvalue weighted by Crippen LogP contribution is -2.14. The van der Waals surface area contributed by atoms with Crippen molar-refractivity contribution < 1.29 is 18.7 Å². The molecule has 0 heterocycles. The number of phenols is 1. The van der Waals surface area contributed by atoms with Gasteiger partial charge in [0.25, 0.3) is 5.91 Å². The normalized spacial score (nSPS) is 10.4. The van der Waals surface area contributed by atoms with Crippen molar-refractivity contribution >= 4 is 11.6 Å². The van der Waals surface area contributed by atoms with Gasteiger partial charge in [-0.1, -0.05) is 6.07 Å². The molecule has 0 aliphatic rings. The first-order valence-electron chi connectivity index (χ1n) is 5.95. The Morgan fingerprint density at radius 2 is 1.80 bits per heavy atom. The lowest BCUT2D eigenvalue weighted by atomic mass is 10.1. The van der Waals surface area contributed by atoms with E-state index in [0.29, 0.717) is 6.07 Å². The van der Waals surface area contributed by atoms with Gasteiger partial charge < -0.3 is 10.4 Å². The molecule has 0 aliphatic heterocycles. The fourth-order valence-electron chi connectivity index (χ4n) is 1.77. The van der Waals surface area contributed by atoms with Gasteiger partial charge in [0.05, 0.1) is 11.3 Å². The molecule has 2 aromatic rings. The number of halogens is 2. The van der Waals surface area contributed by atoms with E-state index in [2.05, 4.69) is 5.32 Å². The number of hydrogen-bond acceptors (Lipinski definition) is 2. The molecule has 20 heavy (non-hydrogen) atoms. The van der Waals surface area contributed by atoms with Gasteiger partial charge in [-0.3, -0.25) is 4.79 Å². The van der Waals surface area contributed by atoms with Gasteiger partial charge in [-0.25, -0.2) is 8.78 Å². The predicted octanol–water partition coefficient (Wildman–Crippen LogP) is 3.54. The number of carbonyl (C=O) groups excluding carboxylic acids is 1. The van der Waals surface area contributed by atoms with E-state index in [1.165, 1.54) is 19.1 Å². The molecule has 0 atom stereocenters. The van der Waals surface area contributed by atoms with Crippen LogP contribution in [0.4, 0.5) is 14.5 Å². The molecule has 0 aromatic heterocycles. The van der Waals surface area contributed by atoms with Crippen molar-refractivity contribution in [1.82, 2.24) is 0 Å². The summed E-state index contributed by atoms with van der Waals surface area (Å²) in [6, 6.07) is 6.48. The van der Waals surface area contributed by atoms with Crippen LogP contribution in [0.2, 0.25) is 0 Å². The minimum absolute atomic E-state index is 0.113. The van der Waals surface area contributed by atoms with Gasteiger partial charge in [-0.2, -0.15) is 0 Å². The fraction of sp³-hybridized carbons (Fsp3) is 0.133. The van der Waals surface area contributed by atoms with Crippen LogP contribution in [-0.4, -0.2) is 11.0 Å². The maximum Gasteiger partial charge on any atom is 0.258 e. The lowest BCUT2D eigenvalue weighted by molar-refractivity contribution is 0.102. The second-order valence-electron chi connectivity index (χ2n) is 4.56. The Morgan fingerprint density at radius 3 is 2.45 bits per heavy atom. The summed E-state index contributed by atoms with van der Waals surface area (Å²) in [6.45, 7) is 3.23. The van der Waals surface area contributed by atoms with Crippen LogP contribution in [-0.2, 0) is 0 Å². The number of benzene rings is 2. The summed E-state index contributed by atoms with van der Waals surface area (Å²) in [7, 11) is 0. The zero-order chi connectivity index (χ0) is 14.9. The highest BCUT2D eigenvalue weighted by atomic mass is 19.1. The summed E-state index contributed by atoms with van der Waals surface area (Å²) in [5.41, 5.74) is 0.889. The number of aromatic hydroxyl groups is 1. The standard InChI is InChI=1S/C15H13F2NO2/c1-8-3-4-13(14(19)5-8)18-15(20)10-6-9(2)11(16)7-12(10)17/h3-7,19H,1-2H3,(H,18,20). The van der Waals surface area contributed by atoms with Gasteiger partial charge in [0, 0.05) is 6.07 Å². The molecule has 0 radical (unpaired) electrons. The van der Waals surface area contributed by atoms with Crippen molar-refractivity contribution in [3.63, 3.8) is 0 Å². The smallest absolute Gasteiger partial charge is 0.258 e. The van der Waals surface area contributed by atoms with Crippen molar-refractivity contribution in [3.05, 3.63) is 58.7 Å². The minimum atomic E-state index is -0.947. The third-order valence-corrected chi connectivity index (χ3v) is 2.89. The Morgan fingerprint density at radius 1 is 1.10 bits per heavy atom. The van der Waals surface area contributed by atoms with Gasteiger partial charge in [0.1, 0.15) is 17.4 Å². The van der Waals surface area contributed by atoms with Crippen molar-refractivity contribution in [1.29, 1.82) is 0 Å². The molecule has 0 aliphatic carbocycles. The highest BCUT2D eigenvalue weighted by Crippen LogP contribution is 2.25. The largest absolute Gasteiger partial charge is 0.506 e. The van der Waals surface area contributed by atoms with Crippen LogP contribution in [0.1, 0.15) is 21.5 Å². The molecule has 0 unspecified atom stereocenters. The summed E-state index contributed by atoms with van der Waals surface area (Å²) >= 11 is 0. The highest BCUT2D eigenvalue weighted by molar-refractivity contribution is 6.05. The predicted molar refractivity (Wildman–Crippen MR) is 71.9 cm³/mol. The topological polar surface area (TPSA) is 49.3 Å². The molecule has 5 heteroatoms. The first-order valence-corrected chi connectivity index (χ1v) is 5.95. The molecule has 104 valence electrons. The Labute approximate surface area is 114 Å². The lowest BCUT2D eigenvalue weighted by Gasteiger charge is -2.09. The van der Waals surface area contributed by atoms with Crippen LogP contribution in [0.25, 0.3) is 0 Å². The first kappa shape index (κ1) is 14.0. The first-order chi connectivity index (χ1) is 9.38. The quantitative estimate of drug-likeness (QED) is 0.825. The fourth-order valence-corrected chi connectivity index (χ4v) is 1.77. The number of anilines is 1. The molecule has 0 saturated carbocycles. The van der Waals surface area contributed by atoms with Crippen molar-refractivity contribution in [3.8, 4) is 5.75 Å². The summed E-state index contributed by atoms with van der Waals surface area (Å²) in [5.74, 6) is -2.52. The summed E-state index contributed by atoms with van der Waals surface area (Å²) in [4.78, 5) is 12.0. The van der Waals surface area contributed by atoms with E-state index in [1.54, 1.807) is 13.0 Å². The number of hydrogen-bond donors (Lipinski definition) is 2. The van der Waals surface area contributed by atoms with Gasteiger partial charge in [-0.05, 0) is 43.2 Å². The molecule has 2 rings (SSSR count). The number of carbonyl (C=O) groups is 1. The van der Waals surface area contributed by atoms with Crippen LogP contribution < -0.4 is 5.32 Å². The molecule has 0 spiro atoms. The third-order valence-electron chi connectivity index (χ3n) is 2.89. The van der Waals surface area contributed by atoms with Crippen LogP contribution in [0.15, 0.2) is 30.3 Å². The SMILES string of the molecule is Cc1ccc(NC(=O)c2cc(C)c(F)cc2F)c(O)c1. The average molecular weight is 277 g/mol. The maximum atomic E-state index is 13.6. The zero-order valence-corrected chi connectivity index (χ0v) is 11.0. The number of amides is 1. The number of aryl methyl sites for hydroxylation is 2. The summed E-state index contributed by atoms with van der Waals surface area (Å²) in [6.07, 6.45) is 0.